The number of hydrogen-bond acceptors (Lipinski definition) is 4. The number of ether oxygens (including phenoxy) is 2. The fraction of sp³-hybridized carbons (Fsp3) is 0.391. The van der Waals surface area contributed by atoms with Gasteiger partial charge in [0.2, 0.25) is 5.91 Å². The van der Waals surface area contributed by atoms with E-state index in [9.17, 15) is 9.59 Å². The number of methoxy groups -OCH3 is 1. The molecule has 0 aliphatic rings. The van der Waals surface area contributed by atoms with Crippen molar-refractivity contribution in [1.29, 1.82) is 0 Å². The monoisotopic (exact) mass is 476 g/mol. The predicted molar refractivity (Wildman–Crippen MR) is 121 cm³/mol. The summed E-state index contributed by atoms with van der Waals surface area (Å²) in [5.74, 6) is 0.559. The minimum absolute atomic E-state index is 0.0365. The zero-order chi connectivity index (χ0) is 22.1. The molecule has 0 saturated heterocycles. The molecule has 0 saturated carbocycles. The SMILES string of the molecule is CC[C@@H](C)NC(=O)[C@@H](C)N(Cc1ccc(Br)cc1)C(=O)COc1ccccc1OC. The predicted octanol–water partition coefficient (Wildman–Crippen LogP) is 4.17. The summed E-state index contributed by atoms with van der Waals surface area (Å²) in [5, 5.41) is 2.95. The minimum Gasteiger partial charge on any atom is -0.493 e. The van der Waals surface area contributed by atoms with E-state index in [1.165, 1.54) is 4.90 Å². The van der Waals surface area contributed by atoms with Crippen molar-refractivity contribution in [2.45, 2.75) is 45.8 Å². The van der Waals surface area contributed by atoms with Crippen LogP contribution in [0.15, 0.2) is 53.0 Å². The first-order valence-electron chi connectivity index (χ1n) is 9.95. The molecule has 0 aliphatic carbocycles. The topological polar surface area (TPSA) is 67.9 Å². The highest BCUT2D eigenvalue weighted by Gasteiger charge is 2.27. The largest absolute Gasteiger partial charge is 0.493 e. The summed E-state index contributed by atoms with van der Waals surface area (Å²) in [6, 6.07) is 14.2. The molecule has 0 aromatic heterocycles. The van der Waals surface area contributed by atoms with E-state index in [1.807, 2.05) is 50.2 Å². The van der Waals surface area contributed by atoms with Gasteiger partial charge in [0.25, 0.3) is 5.91 Å². The molecule has 30 heavy (non-hydrogen) atoms. The molecular weight excluding hydrogens is 448 g/mol. The van der Waals surface area contributed by atoms with E-state index in [4.69, 9.17) is 9.47 Å². The molecule has 162 valence electrons. The molecule has 6 nitrogen and oxygen atoms in total. The number of rotatable bonds is 10. The number of carbonyl (C=O) groups is 2. The zero-order valence-corrected chi connectivity index (χ0v) is 19.4. The number of carbonyl (C=O) groups excluding carboxylic acids is 2. The van der Waals surface area contributed by atoms with Crippen molar-refractivity contribution >= 4 is 27.7 Å². The Bertz CT molecular complexity index is 841. The van der Waals surface area contributed by atoms with Gasteiger partial charge in [-0.1, -0.05) is 47.1 Å². The van der Waals surface area contributed by atoms with Gasteiger partial charge in [-0.25, -0.2) is 0 Å². The fourth-order valence-corrected chi connectivity index (χ4v) is 3.06. The molecule has 0 heterocycles. The maximum atomic E-state index is 13.1. The summed E-state index contributed by atoms with van der Waals surface area (Å²) in [6.45, 7) is 5.78. The van der Waals surface area contributed by atoms with Gasteiger partial charge < -0.3 is 19.7 Å². The third-order valence-corrected chi connectivity index (χ3v) is 5.38. The second kappa shape index (κ2) is 11.6. The molecule has 2 aromatic carbocycles. The second-order valence-electron chi connectivity index (χ2n) is 7.08. The Labute approximate surface area is 186 Å². The number of nitrogens with one attached hydrogen (secondary N) is 1. The molecular formula is C23H29BrN2O4. The van der Waals surface area contributed by atoms with Gasteiger partial charge >= 0.3 is 0 Å². The van der Waals surface area contributed by atoms with Crippen LogP contribution in [0.1, 0.15) is 32.8 Å². The first-order valence-corrected chi connectivity index (χ1v) is 10.7. The van der Waals surface area contributed by atoms with E-state index in [-0.39, 0.29) is 24.5 Å². The lowest BCUT2D eigenvalue weighted by Crippen LogP contribution is -2.50. The highest BCUT2D eigenvalue weighted by Crippen LogP contribution is 2.26. The Morgan fingerprint density at radius 3 is 2.30 bits per heavy atom. The highest BCUT2D eigenvalue weighted by molar-refractivity contribution is 9.10. The Hall–Kier alpha value is -2.54. The summed E-state index contributed by atoms with van der Waals surface area (Å²) in [7, 11) is 1.55. The zero-order valence-electron chi connectivity index (χ0n) is 17.9. The van der Waals surface area contributed by atoms with Gasteiger partial charge in [-0.15, -0.1) is 0 Å². The van der Waals surface area contributed by atoms with Crippen LogP contribution in [0.2, 0.25) is 0 Å². The van der Waals surface area contributed by atoms with Crippen molar-refractivity contribution in [2.24, 2.45) is 0 Å². The number of para-hydroxylation sites is 2. The van der Waals surface area contributed by atoms with Crippen LogP contribution in [0.4, 0.5) is 0 Å². The van der Waals surface area contributed by atoms with Crippen molar-refractivity contribution in [3.8, 4) is 11.5 Å². The van der Waals surface area contributed by atoms with Crippen molar-refractivity contribution in [3.63, 3.8) is 0 Å². The van der Waals surface area contributed by atoms with Crippen LogP contribution in [-0.4, -0.2) is 42.5 Å². The third kappa shape index (κ3) is 6.76. The van der Waals surface area contributed by atoms with Gasteiger partial charge in [0.05, 0.1) is 7.11 Å². The van der Waals surface area contributed by atoms with Crippen LogP contribution < -0.4 is 14.8 Å². The summed E-state index contributed by atoms with van der Waals surface area (Å²) in [4.78, 5) is 27.3. The molecule has 7 heteroatoms. The normalized spacial score (nSPS) is 12.6. The molecule has 1 N–H and O–H groups in total. The maximum absolute atomic E-state index is 13.1. The lowest BCUT2D eigenvalue weighted by Gasteiger charge is -2.29. The van der Waals surface area contributed by atoms with Crippen LogP contribution in [0.5, 0.6) is 11.5 Å². The second-order valence-corrected chi connectivity index (χ2v) is 8.00. The van der Waals surface area contributed by atoms with Crippen molar-refractivity contribution in [2.75, 3.05) is 13.7 Å². The molecule has 0 aliphatic heterocycles. The van der Waals surface area contributed by atoms with E-state index in [2.05, 4.69) is 21.2 Å². The third-order valence-electron chi connectivity index (χ3n) is 4.85. The lowest BCUT2D eigenvalue weighted by molar-refractivity contribution is -0.142. The van der Waals surface area contributed by atoms with Crippen LogP contribution in [0, 0.1) is 0 Å². The van der Waals surface area contributed by atoms with E-state index in [0.29, 0.717) is 18.0 Å². The molecule has 0 radical (unpaired) electrons. The van der Waals surface area contributed by atoms with E-state index >= 15 is 0 Å². The van der Waals surface area contributed by atoms with Crippen LogP contribution in [0.3, 0.4) is 0 Å². The molecule has 2 atom stereocenters. The summed E-state index contributed by atoms with van der Waals surface area (Å²) in [6.07, 6.45) is 0.816. The minimum atomic E-state index is -0.642. The molecule has 0 bridgehead atoms. The van der Waals surface area contributed by atoms with Gasteiger partial charge in [-0.2, -0.15) is 0 Å². The van der Waals surface area contributed by atoms with Crippen LogP contribution in [-0.2, 0) is 16.1 Å². The number of benzene rings is 2. The average Bonchev–Trinajstić information content (AvgIpc) is 2.76. The van der Waals surface area contributed by atoms with Crippen LogP contribution >= 0.6 is 15.9 Å². The number of nitrogens with zero attached hydrogens (tertiary/aromatic N) is 1. The Balaban J connectivity index is 2.17. The van der Waals surface area contributed by atoms with E-state index in [1.54, 1.807) is 26.2 Å². The van der Waals surface area contributed by atoms with Gasteiger partial charge in [-0.3, -0.25) is 9.59 Å². The molecule has 0 spiro atoms. The summed E-state index contributed by atoms with van der Waals surface area (Å²) < 4.78 is 11.9. The fourth-order valence-electron chi connectivity index (χ4n) is 2.80. The standard InChI is InChI=1S/C23H29BrN2O4/c1-5-16(2)25-23(28)17(3)26(14-18-10-12-19(24)13-11-18)22(27)15-30-21-9-7-6-8-20(21)29-4/h6-13,16-17H,5,14-15H2,1-4H3,(H,25,28)/t16-,17-/m1/s1. The molecule has 2 amide bonds. The molecule has 0 fully saturated rings. The van der Waals surface area contributed by atoms with Gasteiger partial charge in [-0.05, 0) is 50.1 Å². The lowest BCUT2D eigenvalue weighted by atomic mass is 10.1. The Kier molecular flexibility index (Phi) is 9.17. The molecule has 2 aromatic rings. The first-order chi connectivity index (χ1) is 14.3. The van der Waals surface area contributed by atoms with Crippen molar-refractivity contribution in [1.82, 2.24) is 10.2 Å². The highest BCUT2D eigenvalue weighted by atomic mass is 79.9. The van der Waals surface area contributed by atoms with Gasteiger partial charge in [0.1, 0.15) is 6.04 Å². The first kappa shape index (κ1) is 23.7. The maximum Gasteiger partial charge on any atom is 0.261 e. The summed E-state index contributed by atoms with van der Waals surface area (Å²) >= 11 is 3.42. The quantitative estimate of drug-likeness (QED) is 0.558. The van der Waals surface area contributed by atoms with Crippen LogP contribution in [0.25, 0.3) is 0 Å². The smallest absolute Gasteiger partial charge is 0.261 e. The Morgan fingerprint density at radius 1 is 1.07 bits per heavy atom. The number of hydrogen-bond donors (Lipinski definition) is 1. The number of amides is 2. The Morgan fingerprint density at radius 2 is 1.70 bits per heavy atom. The average molecular weight is 477 g/mol. The molecule has 2 rings (SSSR count). The summed E-state index contributed by atoms with van der Waals surface area (Å²) in [5.41, 5.74) is 0.923. The van der Waals surface area contributed by atoms with Gasteiger partial charge in [0, 0.05) is 17.1 Å². The molecule has 0 unspecified atom stereocenters. The van der Waals surface area contributed by atoms with Crippen molar-refractivity contribution in [3.05, 3.63) is 58.6 Å². The number of halogens is 1. The van der Waals surface area contributed by atoms with Gasteiger partial charge in [0.15, 0.2) is 18.1 Å². The van der Waals surface area contributed by atoms with E-state index in [0.717, 1.165) is 16.5 Å². The van der Waals surface area contributed by atoms with E-state index < -0.39 is 6.04 Å². The van der Waals surface area contributed by atoms with Crippen molar-refractivity contribution < 1.29 is 19.1 Å².